The number of hydrogen-bond acceptors (Lipinski definition) is 1. The number of carbonyl (C=O) groups is 1. The molecule has 0 saturated carbocycles. The summed E-state index contributed by atoms with van der Waals surface area (Å²) >= 11 is 0. The van der Waals surface area contributed by atoms with Gasteiger partial charge in [0.05, 0.1) is 12.2 Å². The summed E-state index contributed by atoms with van der Waals surface area (Å²) < 4.78 is 13.5. The Labute approximate surface area is 145 Å². The fourth-order valence-electron chi connectivity index (χ4n) is 3.14. The van der Waals surface area contributed by atoms with E-state index in [9.17, 15) is 9.18 Å². The lowest BCUT2D eigenvalue weighted by molar-refractivity contribution is -0.113. The first kappa shape index (κ1) is 15.3. The van der Waals surface area contributed by atoms with E-state index < -0.39 is 0 Å². The fourth-order valence-corrected chi connectivity index (χ4v) is 3.14. The lowest BCUT2D eigenvalue weighted by Crippen LogP contribution is -2.25. The van der Waals surface area contributed by atoms with E-state index in [1.54, 1.807) is 11.0 Å². The molecule has 1 heterocycles. The Morgan fingerprint density at radius 3 is 2.44 bits per heavy atom. The summed E-state index contributed by atoms with van der Waals surface area (Å²) in [5.74, 6) is -0.355. The van der Waals surface area contributed by atoms with Crippen molar-refractivity contribution < 1.29 is 9.18 Å². The summed E-state index contributed by atoms with van der Waals surface area (Å²) in [6.07, 6.45) is 1.91. The van der Waals surface area contributed by atoms with Crippen LogP contribution in [0.1, 0.15) is 16.7 Å². The van der Waals surface area contributed by atoms with Gasteiger partial charge in [0.15, 0.2) is 0 Å². The highest BCUT2D eigenvalue weighted by Gasteiger charge is 2.31. The van der Waals surface area contributed by atoms with Crippen molar-refractivity contribution in [3.05, 3.63) is 101 Å². The van der Waals surface area contributed by atoms with Gasteiger partial charge < -0.3 is 4.90 Å². The van der Waals surface area contributed by atoms with Gasteiger partial charge >= 0.3 is 0 Å². The Morgan fingerprint density at radius 2 is 1.64 bits per heavy atom. The summed E-state index contributed by atoms with van der Waals surface area (Å²) in [4.78, 5) is 14.7. The van der Waals surface area contributed by atoms with Crippen molar-refractivity contribution in [3.63, 3.8) is 0 Å². The predicted molar refractivity (Wildman–Crippen MR) is 98.3 cm³/mol. The molecule has 3 aromatic carbocycles. The van der Waals surface area contributed by atoms with Gasteiger partial charge in [-0.1, -0.05) is 60.7 Å². The molecule has 4 rings (SSSR count). The number of rotatable bonds is 3. The molecule has 0 atom stereocenters. The van der Waals surface area contributed by atoms with Crippen molar-refractivity contribution >= 4 is 23.2 Å². The van der Waals surface area contributed by atoms with Gasteiger partial charge in [0.1, 0.15) is 5.82 Å². The Kier molecular flexibility index (Phi) is 3.90. The molecule has 0 unspecified atom stereocenters. The van der Waals surface area contributed by atoms with E-state index in [1.807, 2.05) is 66.7 Å². The third kappa shape index (κ3) is 2.96. The van der Waals surface area contributed by atoms with Crippen LogP contribution < -0.4 is 4.90 Å². The Bertz CT molecular complexity index is 963. The van der Waals surface area contributed by atoms with Crippen LogP contribution in [-0.2, 0) is 11.3 Å². The monoisotopic (exact) mass is 329 g/mol. The maximum absolute atomic E-state index is 13.5. The van der Waals surface area contributed by atoms with E-state index in [0.29, 0.717) is 12.1 Å². The summed E-state index contributed by atoms with van der Waals surface area (Å²) in [5.41, 5.74) is 4.18. The van der Waals surface area contributed by atoms with E-state index in [2.05, 4.69) is 0 Å². The minimum Gasteiger partial charge on any atom is -0.303 e. The average molecular weight is 329 g/mol. The maximum atomic E-state index is 13.5. The minimum absolute atomic E-state index is 0.0608. The lowest BCUT2D eigenvalue weighted by atomic mass is 10.0. The third-order valence-corrected chi connectivity index (χ3v) is 4.30. The molecule has 0 bridgehead atoms. The van der Waals surface area contributed by atoms with Crippen molar-refractivity contribution in [2.75, 3.05) is 4.90 Å². The molecule has 0 N–H and O–H groups in total. The number of halogens is 1. The fraction of sp³-hybridized carbons (Fsp3) is 0.0455. The highest BCUT2D eigenvalue weighted by atomic mass is 19.1. The van der Waals surface area contributed by atoms with Crippen molar-refractivity contribution in [3.8, 4) is 0 Å². The Hall–Kier alpha value is -3.20. The molecule has 0 spiro atoms. The summed E-state index contributed by atoms with van der Waals surface area (Å²) in [5, 5.41) is 0. The molecule has 0 aromatic heterocycles. The van der Waals surface area contributed by atoms with Gasteiger partial charge in [-0.05, 0) is 35.4 Å². The van der Waals surface area contributed by atoms with Crippen LogP contribution in [-0.4, -0.2) is 5.91 Å². The molecular formula is C22H16FNO. The minimum atomic E-state index is -0.294. The van der Waals surface area contributed by atoms with Crippen LogP contribution in [0.5, 0.6) is 0 Å². The number of anilines is 1. The molecule has 1 amide bonds. The zero-order valence-electron chi connectivity index (χ0n) is 13.5. The van der Waals surface area contributed by atoms with Crippen LogP contribution >= 0.6 is 0 Å². The number of benzene rings is 3. The Balaban J connectivity index is 1.75. The number of carbonyl (C=O) groups excluding carboxylic acids is 1. The first-order chi connectivity index (χ1) is 12.2. The van der Waals surface area contributed by atoms with E-state index >= 15 is 0 Å². The topological polar surface area (TPSA) is 20.3 Å². The summed E-state index contributed by atoms with van der Waals surface area (Å²) in [6, 6.07) is 23.9. The standard InChI is InChI=1S/C22H16FNO/c23-18-10-6-9-17(13-18)15-24-21-12-5-4-11-19(21)20(22(24)25)14-16-7-2-1-3-8-16/h1-14H,15H2. The van der Waals surface area contributed by atoms with Gasteiger partial charge in [-0.2, -0.15) is 0 Å². The van der Waals surface area contributed by atoms with E-state index in [-0.39, 0.29) is 11.7 Å². The van der Waals surface area contributed by atoms with Crippen LogP contribution in [0.3, 0.4) is 0 Å². The first-order valence-corrected chi connectivity index (χ1v) is 8.15. The zero-order chi connectivity index (χ0) is 17.2. The predicted octanol–water partition coefficient (Wildman–Crippen LogP) is 4.91. The molecule has 3 heteroatoms. The molecule has 3 aromatic rings. The van der Waals surface area contributed by atoms with Crippen molar-refractivity contribution in [1.29, 1.82) is 0 Å². The molecule has 2 nitrogen and oxygen atoms in total. The largest absolute Gasteiger partial charge is 0.303 e. The van der Waals surface area contributed by atoms with Crippen LogP contribution in [0.15, 0.2) is 78.9 Å². The van der Waals surface area contributed by atoms with Gasteiger partial charge in [-0.15, -0.1) is 0 Å². The molecule has 1 aliphatic heterocycles. The van der Waals surface area contributed by atoms with Crippen molar-refractivity contribution in [1.82, 2.24) is 0 Å². The van der Waals surface area contributed by atoms with Crippen LogP contribution in [0.4, 0.5) is 10.1 Å². The average Bonchev–Trinajstić information content (AvgIpc) is 2.89. The first-order valence-electron chi connectivity index (χ1n) is 8.15. The number of nitrogens with zero attached hydrogens (tertiary/aromatic N) is 1. The maximum Gasteiger partial charge on any atom is 0.259 e. The van der Waals surface area contributed by atoms with Gasteiger partial charge in [0.2, 0.25) is 0 Å². The molecule has 0 aliphatic carbocycles. The summed E-state index contributed by atoms with van der Waals surface area (Å²) in [6.45, 7) is 0.347. The quantitative estimate of drug-likeness (QED) is 0.625. The van der Waals surface area contributed by atoms with Crippen LogP contribution in [0.2, 0.25) is 0 Å². The lowest BCUT2D eigenvalue weighted by Gasteiger charge is -2.17. The van der Waals surface area contributed by atoms with E-state index in [1.165, 1.54) is 12.1 Å². The molecule has 1 aliphatic rings. The second-order valence-corrected chi connectivity index (χ2v) is 6.01. The van der Waals surface area contributed by atoms with Gasteiger partial charge in [-0.3, -0.25) is 4.79 Å². The van der Waals surface area contributed by atoms with Gasteiger partial charge in [0.25, 0.3) is 5.91 Å². The molecule has 0 radical (unpaired) electrons. The van der Waals surface area contributed by atoms with Gasteiger partial charge in [0, 0.05) is 11.1 Å². The molecule has 0 fully saturated rings. The highest BCUT2D eigenvalue weighted by Crippen LogP contribution is 2.38. The number of amides is 1. The molecule has 0 saturated heterocycles. The SMILES string of the molecule is O=C1C(=Cc2ccccc2)c2ccccc2N1Cc1cccc(F)c1. The molecular weight excluding hydrogens is 313 g/mol. The number of para-hydroxylation sites is 1. The molecule has 25 heavy (non-hydrogen) atoms. The highest BCUT2D eigenvalue weighted by molar-refractivity contribution is 6.35. The summed E-state index contributed by atoms with van der Waals surface area (Å²) in [7, 11) is 0. The normalized spacial score (nSPS) is 14.8. The molecule has 122 valence electrons. The number of fused-ring (bicyclic) bond motifs is 1. The van der Waals surface area contributed by atoms with E-state index in [0.717, 1.165) is 22.4 Å². The van der Waals surface area contributed by atoms with Crippen LogP contribution in [0.25, 0.3) is 11.6 Å². The van der Waals surface area contributed by atoms with Crippen LogP contribution in [0, 0.1) is 5.82 Å². The zero-order valence-corrected chi connectivity index (χ0v) is 13.5. The third-order valence-electron chi connectivity index (χ3n) is 4.30. The second-order valence-electron chi connectivity index (χ2n) is 6.01. The van der Waals surface area contributed by atoms with Crippen molar-refractivity contribution in [2.45, 2.75) is 6.54 Å². The second kappa shape index (κ2) is 6.36. The van der Waals surface area contributed by atoms with Crippen molar-refractivity contribution in [2.24, 2.45) is 0 Å². The van der Waals surface area contributed by atoms with Gasteiger partial charge in [-0.25, -0.2) is 4.39 Å². The van der Waals surface area contributed by atoms with E-state index in [4.69, 9.17) is 0 Å². The number of hydrogen-bond donors (Lipinski definition) is 0. The smallest absolute Gasteiger partial charge is 0.259 e. The Morgan fingerprint density at radius 1 is 0.880 bits per heavy atom.